The van der Waals surface area contributed by atoms with E-state index in [4.69, 9.17) is 14.2 Å². The molecule has 0 saturated carbocycles. The van der Waals surface area contributed by atoms with Gasteiger partial charge in [-0.2, -0.15) is 0 Å². The van der Waals surface area contributed by atoms with Crippen molar-refractivity contribution in [1.82, 2.24) is 5.32 Å². The Morgan fingerprint density at radius 1 is 0.848 bits per heavy atom. The summed E-state index contributed by atoms with van der Waals surface area (Å²) in [5.41, 5.74) is 2.56. The fraction of sp³-hybridized carbons (Fsp3) is 0.308. The summed E-state index contributed by atoms with van der Waals surface area (Å²) in [7, 11) is 0. The smallest absolute Gasteiger partial charge is 0.161 e. The predicted molar refractivity (Wildman–Crippen MR) is 121 cm³/mol. The number of halogens is 2. The van der Waals surface area contributed by atoms with Gasteiger partial charge in [0.25, 0.3) is 0 Å². The van der Waals surface area contributed by atoms with Crippen molar-refractivity contribution in [2.45, 2.75) is 18.6 Å². The van der Waals surface area contributed by atoms with Crippen LogP contribution in [0.15, 0.2) is 66.7 Å². The minimum Gasteiger partial charge on any atom is -0.486 e. The van der Waals surface area contributed by atoms with Crippen molar-refractivity contribution in [3.63, 3.8) is 0 Å². The van der Waals surface area contributed by atoms with Gasteiger partial charge < -0.3 is 24.6 Å². The molecule has 5 nitrogen and oxygen atoms in total. The predicted octanol–water partition coefficient (Wildman–Crippen LogP) is 4.04. The molecule has 0 amide bonds. The van der Waals surface area contributed by atoms with E-state index in [-0.39, 0.29) is 18.2 Å². The fourth-order valence-corrected chi connectivity index (χ4v) is 3.67. The molecular weight excluding hydrogens is 428 g/mol. The molecule has 3 aromatic rings. The van der Waals surface area contributed by atoms with Crippen LogP contribution in [0.5, 0.6) is 11.5 Å². The second-order valence-electron chi connectivity index (χ2n) is 7.90. The Bertz CT molecular complexity index is 982. The second-order valence-corrected chi connectivity index (χ2v) is 7.90. The minimum absolute atomic E-state index is 0.0659. The molecule has 0 bridgehead atoms. The first-order valence-electron chi connectivity index (χ1n) is 11.0. The third-order valence-electron chi connectivity index (χ3n) is 5.38. The summed E-state index contributed by atoms with van der Waals surface area (Å²) in [6.07, 6.45) is -0.509. The average molecular weight is 456 g/mol. The van der Waals surface area contributed by atoms with Crippen LogP contribution in [-0.2, 0) is 11.2 Å². The zero-order valence-electron chi connectivity index (χ0n) is 18.2. The van der Waals surface area contributed by atoms with E-state index in [9.17, 15) is 13.9 Å². The molecule has 1 aliphatic rings. The number of fused-ring (bicyclic) bond motifs is 1. The van der Waals surface area contributed by atoms with E-state index < -0.39 is 12.2 Å². The van der Waals surface area contributed by atoms with Crippen LogP contribution in [0.1, 0.15) is 22.8 Å². The van der Waals surface area contributed by atoms with Crippen molar-refractivity contribution in [1.29, 1.82) is 0 Å². The van der Waals surface area contributed by atoms with Gasteiger partial charge >= 0.3 is 0 Å². The Balaban J connectivity index is 1.27. The topological polar surface area (TPSA) is 60.0 Å². The van der Waals surface area contributed by atoms with Gasteiger partial charge in [-0.05, 0) is 66.1 Å². The van der Waals surface area contributed by atoms with Crippen molar-refractivity contribution in [3.05, 3.63) is 95.1 Å². The van der Waals surface area contributed by atoms with Crippen molar-refractivity contribution in [2.75, 3.05) is 32.9 Å². The van der Waals surface area contributed by atoms with Crippen LogP contribution >= 0.6 is 0 Å². The quantitative estimate of drug-likeness (QED) is 0.452. The molecule has 7 heteroatoms. The molecule has 0 radical (unpaired) electrons. The summed E-state index contributed by atoms with van der Waals surface area (Å²) < 4.78 is 43.8. The monoisotopic (exact) mass is 455 g/mol. The molecule has 174 valence electrons. The van der Waals surface area contributed by atoms with Gasteiger partial charge in [-0.3, -0.25) is 0 Å². The van der Waals surface area contributed by atoms with Crippen molar-refractivity contribution < 1.29 is 28.1 Å². The Morgan fingerprint density at radius 3 is 2.09 bits per heavy atom. The van der Waals surface area contributed by atoms with Crippen LogP contribution < -0.4 is 14.8 Å². The van der Waals surface area contributed by atoms with Crippen LogP contribution in [-0.4, -0.2) is 44.1 Å². The largest absolute Gasteiger partial charge is 0.486 e. The molecule has 0 aliphatic carbocycles. The number of rotatable bonds is 10. The van der Waals surface area contributed by atoms with Gasteiger partial charge in [0.15, 0.2) is 11.5 Å². The van der Waals surface area contributed by atoms with Crippen LogP contribution in [0.3, 0.4) is 0 Å². The number of nitrogens with one attached hydrogen (secondary N) is 1. The van der Waals surface area contributed by atoms with E-state index in [1.54, 1.807) is 24.3 Å². The first-order chi connectivity index (χ1) is 16.1. The summed E-state index contributed by atoms with van der Waals surface area (Å²) >= 11 is 0. The average Bonchev–Trinajstić information content (AvgIpc) is 2.84. The van der Waals surface area contributed by atoms with Crippen molar-refractivity contribution in [3.8, 4) is 11.5 Å². The minimum atomic E-state index is -0.742. The van der Waals surface area contributed by atoms with E-state index in [0.717, 1.165) is 34.6 Å². The molecule has 0 spiro atoms. The summed E-state index contributed by atoms with van der Waals surface area (Å²) in [6.45, 7) is 2.21. The molecule has 0 saturated heterocycles. The highest BCUT2D eigenvalue weighted by molar-refractivity contribution is 5.43. The first-order valence-corrected chi connectivity index (χ1v) is 11.0. The molecule has 0 fully saturated rings. The van der Waals surface area contributed by atoms with Gasteiger partial charge in [-0.25, -0.2) is 8.78 Å². The Hall–Kier alpha value is -3.00. The highest BCUT2D eigenvalue weighted by Gasteiger charge is 2.17. The van der Waals surface area contributed by atoms with Gasteiger partial charge in [0.05, 0.1) is 12.7 Å². The maximum atomic E-state index is 13.3. The molecule has 0 aromatic heterocycles. The van der Waals surface area contributed by atoms with Crippen LogP contribution in [0.25, 0.3) is 0 Å². The van der Waals surface area contributed by atoms with Gasteiger partial charge in [0.2, 0.25) is 0 Å². The van der Waals surface area contributed by atoms with Crippen molar-refractivity contribution >= 4 is 0 Å². The van der Waals surface area contributed by atoms with E-state index in [2.05, 4.69) is 5.32 Å². The first kappa shape index (κ1) is 23.2. The fourth-order valence-electron chi connectivity index (χ4n) is 3.67. The normalized spacial score (nSPS) is 13.8. The molecular formula is C26H27F2NO4. The van der Waals surface area contributed by atoms with Crippen LogP contribution in [0.2, 0.25) is 0 Å². The molecule has 4 rings (SSSR count). The Kier molecular flexibility index (Phi) is 7.88. The third-order valence-corrected chi connectivity index (χ3v) is 5.38. The van der Waals surface area contributed by atoms with E-state index in [1.807, 2.05) is 18.2 Å². The van der Waals surface area contributed by atoms with Gasteiger partial charge in [0, 0.05) is 6.54 Å². The molecule has 2 N–H and O–H groups in total. The van der Waals surface area contributed by atoms with Crippen LogP contribution in [0, 0.1) is 11.6 Å². The van der Waals surface area contributed by atoms with Gasteiger partial charge in [0.1, 0.15) is 31.0 Å². The maximum Gasteiger partial charge on any atom is 0.161 e. The second kappa shape index (κ2) is 11.2. The molecule has 1 aliphatic heterocycles. The molecule has 1 heterocycles. The van der Waals surface area contributed by atoms with Crippen molar-refractivity contribution in [2.24, 2.45) is 0 Å². The lowest BCUT2D eigenvalue weighted by molar-refractivity contribution is 0.00666. The summed E-state index contributed by atoms with van der Waals surface area (Å²) in [6, 6.07) is 17.8. The molecule has 3 aromatic carbocycles. The Morgan fingerprint density at radius 2 is 1.45 bits per heavy atom. The molecule has 1 unspecified atom stereocenters. The maximum absolute atomic E-state index is 13.3. The zero-order chi connectivity index (χ0) is 23.0. The lowest BCUT2D eigenvalue weighted by Crippen LogP contribution is -2.32. The highest BCUT2D eigenvalue weighted by atomic mass is 19.1. The summed E-state index contributed by atoms with van der Waals surface area (Å²) in [5.74, 6) is 0.833. The molecule has 1 atom stereocenters. The van der Waals surface area contributed by atoms with E-state index in [1.165, 1.54) is 24.3 Å². The van der Waals surface area contributed by atoms with E-state index in [0.29, 0.717) is 26.3 Å². The number of aliphatic hydroxyl groups excluding tert-OH is 1. The number of aliphatic hydroxyl groups is 1. The van der Waals surface area contributed by atoms with E-state index >= 15 is 0 Å². The number of ether oxygens (including phenoxy) is 3. The highest BCUT2D eigenvalue weighted by Crippen LogP contribution is 2.31. The number of hydrogen-bond acceptors (Lipinski definition) is 5. The Labute approximate surface area is 191 Å². The number of hydrogen-bond donors (Lipinski definition) is 2. The van der Waals surface area contributed by atoms with Gasteiger partial charge in [-0.15, -0.1) is 0 Å². The third kappa shape index (κ3) is 6.51. The zero-order valence-corrected chi connectivity index (χ0v) is 18.2. The molecule has 33 heavy (non-hydrogen) atoms. The lowest BCUT2D eigenvalue weighted by atomic mass is 10.0. The summed E-state index contributed by atoms with van der Waals surface area (Å²) in [4.78, 5) is 0. The number of benzene rings is 3. The lowest BCUT2D eigenvalue weighted by Gasteiger charge is -2.21. The van der Waals surface area contributed by atoms with Crippen LogP contribution in [0.4, 0.5) is 8.78 Å². The van der Waals surface area contributed by atoms with Gasteiger partial charge in [-0.1, -0.05) is 30.3 Å². The summed E-state index contributed by atoms with van der Waals surface area (Å²) in [5, 5.41) is 13.6. The standard InChI is InChI=1S/C26H27F2NO4/c27-21-6-2-19(3-7-21)26(20-4-8-22(28)9-5-20)33-17-23(30)16-29-12-11-18-1-10-24-25(15-18)32-14-13-31-24/h1-10,15,23,26,29-30H,11-14,16-17H2. The SMILES string of the molecule is OC(CNCCc1ccc2c(c1)OCCO2)COC(c1ccc(F)cc1)c1ccc(F)cc1.